The molecule has 0 amide bonds. The van der Waals surface area contributed by atoms with Crippen molar-refractivity contribution in [1.29, 1.82) is 0 Å². The first-order chi connectivity index (χ1) is 12.8. The third-order valence-corrected chi connectivity index (χ3v) is 4.91. The summed E-state index contributed by atoms with van der Waals surface area (Å²) in [5.74, 6) is 0.961. The SMILES string of the molecule is Cc1cccc(-c2[nH]ncc2CN[C@@H]2CCCN(c3cccnn3)C2)c1. The average molecular weight is 348 g/mol. The molecular formula is C20H24N6. The molecule has 0 bridgehead atoms. The number of nitrogens with zero attached hydrogens (tertiary/aromatic N) is 4. The Morgan fingerprint density at radius 2 is 2.23 bits per heavy atom. The van der Waals surface area contributed by atoms with Gasteiger partial charge in [-0.2, -0.15) is 10.2 Å². The molecule has 1 atom stereocenters. The van der Waals surface area contributed by atoms with E-state index in [1.807, 2.05) is 18.3 Å². The fourth-order valence-electron chi connectivity index (χ4n) is 3.56. The molecule has 1 aromatic carbocycles. The molecule has 1 aliphatic heterocycles. The van der Waals surface area contributed by atoms with Gasteiger partial charge in [0.15, 0.2) is 5.82 Å². The van der Waals surface area contributed by atoms with E-state index in [0.717, 1.165) is 37.6 Å². The van der Waals surface area contributed by atoms with Crippen LogP contribution < -0.4 is 10.2 Å². The minimum Gasteiger partial charge on any atom is -0.354 e. The van der Waals surface area contributed by atoms with Crippen LogP contribution in [-0.2, 0) is 6.54 Å². The van der Waals surface area contributed by atoms with Crippen LogP contribution in [0.4, 0.5) is 5.82 Å². The zero-order chi connectivity index (χ0) is 17.8. The van der Waals surface area contributed by atoms with Crippen LogP contribution in [0, 0.1) is 6.92 Å². The van der Waals surface area contributed by atoms with Gasteiger partial charge in [0, 0.05) is 43.0 Å². The number of nitrogens with one attached hydrogen (secondary N) is 2. The van der Waals surface area contributed by atoms with E-state index in [2.05, 4.69) is 61.8 Å². The summed E-state index contributed by atoms with van der Waals surface area (Å²) >= 11 is 0. The highest BCUT2D eigenvalue weighted by molar-refractivity contribution is 5.63. The second kappa shape index (κ2) is 7.66. The fraction of sp³-hybridized carbons (Fsp3) is 0.350. The number of benzene rings is 1. The molecule has 0 radical (unpaired) electrons. The van der Waals surface area contributed by atoms with Crippen molar-refractivity contribution in [2.24, 2.45) is 0 Å². The third-order valence-electron chi connectivity index (χ3n) is 4.91. The number of hydrogen-bond acceptors (Lipinski definition) is 5. The lowest BCUT2D eigenvalue weighted by atomic mass is 10.0. The Kier molecular flexibility index (Phi) is 4.93. The van der Waals surface area contributed by atoms with Crippen LogP contribution in [0.25, 0.3) is 11.3 Å². The van der Waals surface area contributed by atoms with E-state index in [1.165, 1.54) is 23.1 Å². The molecule has 2 N–H and O–H groups in total. The normalized spacial score (nSPS) is 17.4. The third kappa shape index (κ3) is 3.75. The first-order valence-corrected chi connectivity index (χ1v) is 9.15. The lowest BCUT2D eigenvalue weighted by Gasteiger charge is -2.33. The number of rotatable bonds is 5. The van der Waals surface area contributed by atoms with Crippen LogP contribution in [0.3, 0.4) is 0 Å². The van der Waals surface area contributed by atoms with Gasteiger partial charge in [-0.1, -0.05) is 23.8 Å². The maximum atomic E-state index is 4.26. The van der Waals surface area contributed by atoms with Crippen molar-refractivity contribution in [2.45, 2.75) is 32.4 Å². The van der Waals surface area contributed by atoms with Crippen LogP contribution in [0.15, 0.2) is 48.8 Å². The Bertz CT molecular complexity index is 844. The standard InChI is InChI=1S/C20H24N6/c1-15-5-2-6-16(11-15)20-17(13-23-25-20)12-21-18-7-4-10-26(14-18)19-8-3-9-22-24-19/h2-3,5-6,8-9,11,13,18,21H,4,7,10,12,14H2,1H3,(H,23,25)/t18-/m1/s1. The molecule has 134 valence electrons. The number of aromatic amines is 1. The Morgan fingerprint density at radius 3 is 3.08 bits per heavy atom. The van der Waals surface area contributed by atoms with Gasteiger partial charge in [-0.25, -0.2) is 0 Å². The van der Waals surface area contributed by atoms with Crippen molar-refractivity contribution in [3.05, 3.63) is 59.9 Å². The van der Waals surface area contributed by atoms with Crippen LogP contribution in [0.2, 0.25) is 0 Å². The molecule has 4 rings (SSSR count). The van der Waals surface area contributed by atoms with E-state index in [1.54, 1.807) is 6.20 Å². The minimum absolute atomic E-state index is 0.436. The number of anilines is 1. The Balaban J connectivity index is 1.41. The van der Waals surface area contributed by atoms with E-state index in [4.69, 9.17) is 0 Å². The summed E-state index contributed by atoms with van der Waals surface area (Å²) in [6.07, 6.45) is 5.97. The van der Waals surface area contributed by atoms with Crippen molar-refractivity contribution >= 4 is 5.82 Å². The average Bonchev–Trinajstić information content (AvgIpc) is 3.16. The molecule has 0 aliphatic carbocycles. The van der Waals surface area contributed by atoms with Crippen molar-refractivity contribution in [3.8, 4) is 11.3 Å². The zero-order valence-corrected chi connectivity index (χ0v) is 15.0. The second-order valence-electron chi connectivity index (χ2n) is 6.89. The first kappa shape index (κ1) is 16.7. The Morgan fingerprint density at radius 1 is 1.27 bits per heavy atom. The van der Waals surface area contributed by atoms with E-state index in [9.17, 15) is 0 Å². The molecule has 6 nitrogen and oxygen atoms in total. The van der Waals surface area contributed by atoms with E-state index < -0.39 is 0 Å². The number of hydrogen-bond donors (Lipinski definition) is 2. The Labute approximate surface area is 153 Å². The predicted molar refractivity (Wildman–Crippen MR) is 103 cm³/mol. The highest BCUT2D eigenvalue weighted by Gasteiger charge is 2.21. The van der Waals surface area contributed by atoms with Crippen LogP contribution in [0.1, 0.15) is 24.0 Å². The van der Waals surface area contributed by atoms with Crippen molar-refractivity contribution in [1.82, 2.24) is 25.7 Å². The molecule has 0 spiro atoms. The van der Waals surface area contributed by atoms with E-state index in [-0.39, 0.29) is 0 Å². The largest absolute Gasteiger partial charge is 0.354 e. The minimum atomic E-state index is 0.436. The van der Waals surface area contributed by atoms with E-state index >= 15 is 0 Å². The highest BCUT2D eigenvalue weighted by atomic mass is 15.3. The molecule has 6 heteroatoms. The molecule has 26 heavy (non-hydrogen) atoms. The van der Waals surface area contributed by atoms with Gasteiger partial charge in [0.2, 0.25) is 0 Å². The monoisotopic (exact) mass is 348 g/mol. The molecular weight excluding hydrogens is 324 g/mol. The van der Waals surface area contributed by atoms with Gasteiger partial charge in [-0.3, -0.25) is 5.10 Å². The molecule has 1 fully saturated rings. The summed E-state index contributed by atoms with van der Waals surface area (Å²) in [7, 11) is 0. The van der Waals surface area contributed by atoms with Crippen LogP contribution in [0.5, 0.6) is 0 Å². The van der Waals surface area contributed by atoms with Gasteiger partial charge in [0.1, 0.15) is 0 Å². The predicted octanol–water partition coefficient (Wildman–Crippen LogP) is 2.93. The zero-order valence-electron chi connectivity index (χ0n) is 15.0. The second-order valence-corrected chi connectivity index (χ2v) is 6.89. The fourth-order valence-corrected chi connectivity index (χ4v) is 3.56. The number of H-pyrrole nitrogens is 1. The topological polar surface area (TPSA) is 69.7 Å². The van der Waals surface area contributed by atoms with Crippen molar-refractivity contribution < 1.29 is 0 Å². The lowest BCUT2D eigenvalue weighted by molar-refractivity contribution is 0.419. The van der Waals surface area contributed by atoms with Crippen LogP contribution in [-0.4, -0.2) is 39.5 Å². The van der Waals surface area contributed by atoms with E-state index in [0.29, 0.717) is 6.04 Å². The lowest BCUT2D eigenvalue weighted by Crippen LogP contribution is -2.45. The molecule has 0 saturated carbocycles. The van der Waals surface area contributed by atoms with Gasteiger partial charge < -0.3 is 10.2 Å². The first-order valence-electron chi connectivity index (χ1n) is 9.15. The quantitative estimate of drug-likeness (QED) is 0.742. The van der Waals surface area contributed by atoms with Gasteiger partial charge in [-0.15, -0.1) is 5.10 Å². The maximum Gasteiger partial charge on any atom is 0.151 e. The van der Waals surface area contributed by atoms with Gasteiger partial charge >= 0.3 is 0 Å². The summed E-state index contributed by atoms with van der Waals surface area (Å²) in [6, 6.07) is 12.9. The summed E-state index contributed by atoms with van der Waals surface area (Å²) in [5, 5.41) is 19.4. The smallest absolute Gasteiger partial charge is 0.151 e. The molecule has 1 saturated heterocycles. The van der Waals surface area contributed by atoms with Crippen molar-refractivity contribution in [2.75, 3.05) is 18.0 Å². The summed E-state index contributed by atoms with van der Waals surface area (Å²) in [6.45, 7) is 4.91. The van der Waals surface area contributed by atoms with Gasteiger partial charge in [0.05, 0.1) is 11.9 Å². The van der Waals surface area contributed by atoms with Crippen molar-refractivity contribution in [3.63, 3.8) is 0 Å². The Hall–Kier alpha value is -2.73. The highest BCUT2D eigenvalue weighted by Crippen LogP contribution is 2.23. The summed E-state index contributed by atoms with van der Waals surface area (Å²) in [5.41, 5.74) is 4.74. The number of aromatic nitrogens is 4. The van der Waals surface area contributed by atoms with Crippen LogP contribution >= 0.6 is 0 Å². The molecule has 2 aromatic heterocycles. The molecule has 3 heterocycles. The summed E-state index contributed by atoms with van der Waals surface area (Å²) < 4.78 is 0. The molecule has 1 aliphatic rings. The maximum absolute atomic E-state index is 4.26. The van der Waals surface area contributed by atoms with Gasteiger partial charge in [-0.05, 0) is 38.0 Å². The number of piperidine rings is 1. The van der Waals surface area contributed by atoms with Gasteiger partial charge in [0.25, 0.3) is 0 Å². The molecule has 3 aromatic rings. The summed E-state index contributed by atoms with van der Waals surface area (Å²) in [4.78, 5) is 2.31. The number of aryl methyl sites for hydroxylation is 1. The molecule has 0 unspecified atom stereocenters.